The predicted octanol–water partition coefficient (Wildman–Crippen LogP) is 3.37. The summed E-state index contributed by atoms with van der Waals surface area (Å²) in [6.07, 6.45) is 2.43. The second-order valence-corrected chi connectivity index (χ2v) is 4.86. The van der Waals surface area contributed by atoms with E-state index in [0.29, 0.717) is 28.3 Å². The van der Waals surface area contributed by atoms with Crippen molar-refractivity contribution in [3.05, 3.63) is 28.2 Å². The van der Waals surface area contributed by atoms with E-state index in [0.717, 1.165) is 13.1 Å². The molecule has 1 fully saturated rings. The summed E-state index contributed by atoms with van der Waals surface area (Å²) in [5.41, 5.74) is 0. The summed E-state index contributed by atoms with van der Waals surface area (Å²) >= 11 is 11.9. The number of nitrogens with one attached hydrogen (secondary N) is 1. The van der Waals surface area contributed by atoms with E-state index in [4.69, 9.17) is 27.9 Å². The van der Waals surface area contributed by atoms with Gasteiger partial charge in [0.25, 0.3) is 0 Å². The monoisotopic (exact) mass is 259 g/mol. The van der Waals surface area contributed by atoms with Gasteiger partial charge in [-0.2, -0.15) is 0 Å². The summed E-state index contributed by atoms with van der Waals surface area (Å²) in [4.78, 5) is 0. The summed E-state index contributed by atoms with van der Waals surface area (Å²) in [5.74, 6) is 1.25. The first-order valence-electron chi connectivity index (χ1n) is 5.55. The first-order valence-corrected chi connectivity index (χ1v) is 6.30. The van der Waals surface area contributed by atoms with E-state index in [-0.39, 0.29) is 0 Å². The molecule has 4 heteroatoms. The Kier molecular flexibility index (Phi) is 4.33. The molecule has 0 amide bonds. The average molecular weight is 260 g/mol. The van der Waals surface area contributed by atoms with Gasteiger partial charge in [-0.25, -0.2) is 0 Å². The van der Waals surface area contributed by atoms with Gasteiger partial charge < -0.3 is 10.1 Å². The molecule has 0 bridgehead atoms. The van der Waals surface area contributed by atoms with E-state index in [1.807, 2.05) is 12.1 Å². The zero-order valence-corrected chi connectivity index (χ0v) is 10.5. The summed E-state index contributed by atoms with van der Waals surface area (Å²) in [7, 11) is 0. The van der Waals surface area contributed by atoms with E-state index in [1.54, 1.807) is 6.07 Å². The molecule has 1 aliphatic rings. The Labute approximate surface area is 106 Å². The summed E-state index contributed by atoms with van der Waals surface area (Å²) in [5, 5.41) is 4.41. The van der Waals surface area contributed by atoms with E-state index >= 15 is 0 Å². The molecule has 1 aliphatic heterocycles. The average Bonchev–Trinajstić information content (AvgIpc) is 2.32. The van der Waals surface area contributed by atoms with Crippen molar-refractivity contribution < 1.29 is 4.74 Å². The smallest absolute Gasteiger partial charge is 0.139 e. The summed E-state index contributed by atoms with van der Waals surface area (Å²) in [6.45, 7) is 2.85. The SMILES string of the molecule is Clc1cccc(OC[C@H]2CCCNC2)c1Cl. The van der Waals surface area contributed by atoms with Crippen LogP contribution < -0.4 is 10.1 Å². The molecule has 1 atom stereocenters. The number of ether oxygens (including phenoxy) is 1. The van der Waals surface area contributed by atoms with Gasteiger partial charge in [0.15, 0.2) is 0 Å². The highest BCUT2D eigenvalue weighted by Crippen LogP contribution is 2.31. The topological polar surface area (TPSA) is 21.3 Å². The fourth-order valence-electron chi connectivity index (χ4n) is 1.87. The van der Waals surface area contributed by atoms with Crippen LogP contribution in [0.1, 0.15) is 12.8 Å². The van der Waals surface area contributed by atoms with Gasteiger partial charge in [0.1, 0.15) is 10.8 Å². The second kappa shape index (κ2) is 5.76. The van der Waals surface area contributed by atoms with Gasteiger partial charge in [0.05, 0.1) is 11.6 Å². The zero-order chi connectivity index (χ0) is 11.4. The van der Waals surface area contributed by atoms with Gasteiger partial charge in [-0.1, -0.05) is 29.3 Å². The number of rotatable bonds is 3. The number of piperidine rings is 1. The van der Waals surface area contributed by atoms with Crippen LogP contribution in [0.25, 0.3) is 0 Å². The second-order valence-electron chi connectivity index (χ2n) is 4.08. The van der Waals surface area contributed by atoms with Crippen molar-refractivity contribution in [1.29, 1.82) is 0 Å². The Morgan fingerprint density at radius 2 is 2.25 bits per heavy atom. The van der Waals surface area contributed by atoms with Gasteiger partial charge in [0.2, 0.25) is 0 Å². The molecule has 1 saturated heterocycles. The highest BCUT2D eigenvalue weighted by atomic mass is 35.5. The number of halogens is 2. The lowest BCUT2D eigenvalue weighted by molar-refractivity contribution is 0.218. The standard InChI is InChI=1S/C12H15Cl2NO/c13-10-4-1-5-11(12(10)14)16-8-9-3-2-6-15-7-9/h1,4-5,9,15H,2-3,6-8H2/t9-/m0/s1. The van der Waals surface area contributed by atoms with Gasteiger partial charge in [-0.05, 0) is 31.5 Å². The van der Waals surface area contributed by atoms with Crippen LogP contribution in [-0.2, 0) is 0 Å². The normalized spacial score (nSPS) is 20.8. The molecule has 0 aromatic heterocycles. The highest BCUT2D eigenvalue weighted by molar-refractivity contribution is 6.42. The zero-order valence-electron chi connectivity index (χ0n) is 9.01. The fourth-order valence-corrected chi connectivity index (χ4v) is 2.22. The summed E-state index contributed by atoms with van der Waals surface area (Å²) in [6, 6.07) is 5.46. The predicted molar refractivity (Wildman–Crippen MR) is 67.6 cm³/mol. The van der Waals surface area contributed by atoms with E-state index < -0.39 is 0 Å². The molecule has 0 spiro atoms. The highest BCUT2D eigenvalue weighted by Gasteiger charge is 2.14. The van der Waals surface area contributed by atoms with Crippen LogP contribution in [0.5, 0.6) is 5.75 Å². The minimum absolute atomic E-state index is 0.507. The lowest BCUT2D eigenvalue weighted by Gasteiger charge is -2.23. The molecule has 0 unspecified atom stereocenters. The molecule has 88 valence electrons. The minimum atomic E-state index is 0.507. The largest absolute Gasteiger partial charge is 0.492 e. The maximum atomic E-state index is 6.04. The van der Waals surface area contributed by atoms with Gasteiger partial charge in [-0.15, -0.1) is 0 Å². The van der Waals surface area contributed by atoms with Crippen LogP contribution in [0, 0.1) is 5.92 Å². The molecule has 2 rings (SSSR count). The molecule has 16 heavy (non-hydrogen) atoms. The Morgan fingerprint density at radius 1 is 1.38 bits per heavy atom. The molecule has 1 aromatic rings. The Hall–Kier alpha value is -0.440. The molecule has 1 heterocycles. The van der Waals surface area contributed by atoms with Gasteiger partial charge in [0, 0.05) is 12.5 Å². The lowest BCUT2D eigenvalue weighted by atomic mass is 10.0. The van der Waals surface area contributed by atoms with Crippen molar-refractivity contribution >= 4 is 23.2 Å². The van der Waals surface area contributed by atoms with Crippen LogP contribution in [0.3, 0.4) is 0 Å². The first kappa shape index (κ1) is 12.0. The Morgan fingerprint density at radius 3 is 3.00 bits per heavy atom. The summed E-state index contributed by atoms with van der Waals surface area (Å²) < 4.78 is 5.70. The first-order chi connectivity index (χ1) is 7.77. The third kappa shape index (κ3) is 3.03. The van der Waals surface area contributed by atoms with Crippen LogP contribution in [0.4, 0.5) is 0 Å². The number of benzene rings is 1. The molecule has 1 aromatic carbocycles. The molecule has 0 saturated carbocycles. The minimum Gasteiger partial charge on any atom is -0.492 e. The van der Waals surface area contributed by atoms with Crippen LogP contribution in [0.2, 0.25) is 10.0 Å². The maximum absolute atomic E-state index is 6.04. The molecule has 0 aliphatic carbocycles. The van der Waals surface area contributed by atoms with E-state index in [9.17, 15) is 0 Å². The third-order valence-corrected chi connectivity index (χ3v) is 3.59. The van der Waals surface area contributed by atoms with E-state index in [1.165, 1.54) is 12.8 Å². The van der Waals surface area contributed by atoms with Crippen molar-refractivity contribution in [2.45, 2.75) is 12.8 Å². The maximum Gasteiger partial charge on any atom is 0.139 e. The Balaban J connectivity index is 1.91. The molecule has 0 radical (unpaired) electrons. The van der Waals surface area contributed by atoms with Gasteiger partial charge in [-0.3, -0.25) is 0 Å². The van der Waals surface area contributed by atoms with Crippen molar-refractivity contribution in [3.8, 4) is 5.75 Å². The quantitative estimate of drug-likeness (QED) is 0.899. The van der Waals surface area contributed by atoms with Crippen molar-refractivity contribution in [2.75, 3.05) is 19.7 Å². The van der Waals surface area contributed by atoms with Crippen molar-refractivity contribution in [2.24, 2.45) is 5.92 Å². The van der Waals surface area contributed by atoms with E-state index in [2.05, 4.69) is 5.32 Å². The molecular weight excluding hydrogens is 245 g/mol. The number of hydrogen-bond donors (Lipinski definition) is 1. The Bertz CT molecular complexity index is 351. The van der Waals surface area contributed by atoms with Crippen LogP contribution in [0.15, 0.2) is 18.2 Å². The fraction of sp³-hybridized carbons (Fsp3) is 0.500. The van der Waals surface area contributed by atoms with Gasteiger partial charge >= 0.3 is 0 Å². The molecule has 1 N–H and O–H groups in total. The van der Waals surface area contributed by atoms with Crippen molar-refractivity contribution in [1.82, 2.24) is 5.32 Å². The lowest BCUT2D eigenvalue weighted by Crippen LogP contribution is -2.33. The molecule has 2 nitrogen and oxygen atoms in total. The van der Waals surface area contributed by atoms with Crippen LogP contribution in [-0.4, -0.2) is 19.7 Å². The third-order valence-electron chi connectivity index (χ3n) is 2.79. The molecular formula is C12H15Cl2NO. The number of hydrogen-bond acceptors (Lipinski definition) is 2. The van der Waals surface area contributed by atoms with Crippen molar-refractivity contribution in [3.63, 3.8) is 0 Å². The van der Waals surface area contributed by atoms with Crippen LogP contribution >= 0.6 is 23.2 Å².